The first-order valence-corrected chi connectivity index (χ1v) is 10.3. The van der Waals surface area contributed by atoms with Crippen LogP contribution in [0.4, 0.5) is 0 Å². The molecule has 2 rings (SSSR count). The van der Waals surface area contributed by atoms with Crippen LogP contribution in [-0.2, 0) is 13.0 Å². The summed E-state index contributed by atoms with van der Waals surface area (Å²) in [5.41, 5.74) is 1.17. The molecule has 1 aromatic carbocycles. The third-order valence-corrected chi connectivity index (χ3v) is 5.04. The molecule has 27 heavy (non-hydrogen) atoms. The molecule has 0 fully saturated rings. The van der Waals surface area contributed by atoms with Crippen LogP contribution in [0.15, 0.2) is 46.8 Å². The van der Waals surface area contributed by atoms with Crippen LogP contribution in [0.5, 0.6) is 5.75 Å². The Morgan fingerprint density at radius 1 is 1.22 bits per heavy atom. The molecule has 0 aliphatic rings. The third kappa shape index (κ3) is 8.45. The minimum Gasteiger partial charge on any atom is -0.492 e. The molecule has 6 heteroatoms. The Balaban J connectivity index is 1.74. The van der Waals surface area contributed by atoms with E-state index >= 15 is 0 Å². The molecule has 0 saturated carbocycles. The van der Waals surface area contributed by atoms with Crippen LogP contribution in [0.3, 0.4) is 0 Å². The molecule has 0 amide bonds. The standard InChI is InChI=1S/C21H32N4OS/c1-17(13-20-9-6-12-27-20)15-23-21(22-2)24-16-18-7-5-8-19(14-18)26-11-10-25(3)4/h5-9,12,14,17H,10-11,13,15-16H2,1-4H3,(H2,22,23,24). The molecule has 0 aliphatic heterocycles. The highest BCUT2D eigenvalue weighted by molar-refractivity contribution is 7.09. The second kappa shape index (κ2) is 11.6. The highest BCUT2D eigenvalue weighted by Gasteiger charge is 2.06. The van der Waals surface area contributed by atoms with E-state index in [0.717, 1.165) is 31.2 Å². The van der Waals surface area contributed by atoms with Crippen molar-refractivity contribution in [3.63, 3.8) is 0 Å². The molecule has 0 saturated heterocycles. The van der Waals surface area contributed by atoms with Crippen molar-refractivity contribution in [2.24, 2.45) is 10.9 Å². The van der Waals surface area contributed by atoms with Crippen LogP contribution in [0.25, 0.3) is 0 Å². The summed E-state index contributed by atoms with van der Waals surface area (Å²) >= 11 is 1.82. The van der Waals surface area contributed by atoms with E-state index in [1.54, 1.807) is 7.05 Å². The van der Waals surface area contributed by atoms with Crippen molar-refractivity contribution in [2.75, 3.05) is 40.8 Å². The number of nitrogens with zero attached hydrogens (tertiary/aromatic N) is 2. The van der Waals surface area contributed by atoms with E-state index in [1.807, 2.05) is 37.6 Å². The van der Waals surface area contributed by atoms with Crippen molar-refractivity contribution >= 4 is 17.3 Å². The van der Waals surface area contributed by atoms with Gasteiger partial charge in [-0.25, -0.2) is 0 Å². The molecule has 2 N–H and O–H groups in total. The van der Waals surface area contributed by atoms with Gasteiger partial charge in [-0.2, -0.15) is 0 Å². The van der Waals surface area contributed by atoms with Crippen LogP contribution in [0, 0.1) is 5.92 Å². The van der Waals surface area contributed by atoms with E-state index < -0.39 is 0 Å². The van der Waals surface area contributed by atoms with Gasteiger partial charge in [-0.3, -0.25) is 4.99 Å². The Bertz CT molecular complexity index is 685. The van der Waals surface area contributed by atoms with E-state index in [0.29, 0.717) is 19.1 Å². The molecule has 2 aromatic rings. The first-order valence-electron chi connectivity index (χ1n) is 9.40. The fourth-order valence-corrected chi connectivity index (χ4v) is 3.48. The number of nitrogens with one attached hydrogen (secondary N) is 2. The number of aliphatic imine (C=N–C) groups is 1. The van der Waals surface area contributed by atoms with Gasteiger partial charge in [-0.05, 0) is 55.6 Å². The lowest BCUT2D eigenvalue weighted by molar-refractivity contribution is 0.261. The Hall–Kier alpha value is -2.05. The van der Waals surface area contributed by atoms with Crippen LogP contribution >= 0.6 is 11.3 Å². The lowest BCUT2D eigenvalue weighted by Crippen LogP contribution is -2.39. The molecular formula is C21H32N4OS. The normalized spacial score (nSPS) is 12.9. The third-order valence-electron chi connectivity index (χ3n) is 4.14. The summed E-state index contributed by atoms with van der Waals surface area (Å²) in [5, 5.41) is 8.93. The molecule has 0 aliphatic carbocycles. The van der Waals surface area contributed by atoms with Gasteiger partial charge in [0.1, 0.15) is 12.4 Å². The molecule has 1 unspecified atom stereocenters. The number of rotatable bonds is 10. The number of benzene rings is 1. The second-order valence-corrected chi connectivity index (χ2v) is 8.03. The number of hydrogen-bond donors (Lipinski definition) is 2. The molecule has 1 aromatic heterocycles. The highest BCUT2D eigenvalue weighted by atomic mass is 32.1. The number of guanidine groups is 1. The second-order valence-electron chi connectivity index (χ2n) is 6.99. The zero-order valence-electron chi connectivity index (χ0n) is 16.9. The van der Waals surface area contributed by atoms with Gasteiger partial charge >= 0.3 is 0 Å². The minimum absolute atomic E-state index is 0.552. The number of ether oxygens (including phenoxy) is 1. The van der Waals surface area contributed by atoms with Crippen molar-refractivity contribution in [3.8, 4) is 5.75 Å². The Morgan fingerprint density at radius 2 is 2.07 bits per heavy atom. The topological polar surface area (TPSA) is 48.9 Å². The first kappa shape index (κ1) is 21.3. The SMILES string of the molecule is CN=C(NCc1cccc(OCCN(C)C)c1)NCC(C)Cc1cccs1. The van der Waals surface area contributed by atoms with Crippen LogP contribution in [0.2, 0.25) is 0 Å². The maximum atomic E-state index is 5.81. The van der Waals surface area contributed by atoms with Gasteiger partial charge in [0.05, 0.1) is 0 Å². The number of hydrogen-bond acceptors (Lipinski definition) is 4. The molecule has 0 bridgehead atoms. The van der Waals surface area contributed by atoms with E-state index in [4.69, 9.17) is 4.74 Å². The van der Waals surface area contributed by atoms with Crippen LogP contribution < -0.4 is 15.4 Å². The number of thiophene rings is 1. The fraction of sp³-hybridized carbons (Fsp3) is 0.476. The summed E-state index contributed by atoms with van der Waals surface area (Å²) in [6.07, 6.45) is 1.09. The molecule has 1 heterocycles. The van der Waals surface area contributed by atoms with Gasteiger partial charge in [0.25, 0.3) is 0 Å². The maximum Gasteiger partial charge on any atom is 0.191 e. The average Bonchev–Trinajstić information content (AvgIpc) is 3.15. The number of likely N-dealkylation sites (N-methyl/N-ethyl adjacent to an activating group) is 1. The first-order chi connectivity index (χ1) is 13.1. The van der Waals surface area contributed by atoms with Crippen molar-refractivity contribution in [2.45, 2.75) is 19.9 Å². The Labute approximate surface area is 167 Å². The average molecular weight is 389 g/mol. The van der Waals surface area contributed by atoms with Crippen molar-refractivity contribution in [1.29, 1.82) is 0 Å². The summed E-state index contributed by atoms with van der Waals surface area (Å²) in [5.74, 6) is 2.28. The molecule has 1 atom stereocenters. The summed E-state index contributed by atoms with van der Waals surface area (Å²) in [4.78, 5) is 7.86. The lowest BCUT2D eigenvalue weighted by Gasteiger charge is -2.16. The fourth-order valence-electron chi connectivity index (χ4n) is 2.61. The predicted octanol–water partition coefficient (Wildman–Crippen LogP) is 3.23. The Kier molecular flexibility index (Phi) is 9.15. The smallest absolute Gasteiger partial charge is 0.191 e. The van der Waals surface area contributed by atoms with E-state index in [1.165, 1.54) is 10.4 Å². The monoisotopic (exact) mass is 388 g/mol. The van der Waals surface area contributed by atoms with Gasteiger partial charge in [0.15, 0.2) is 5.96 Å². The van der Waals surface area contributed by atoms with Gasteiger partial charge in [0, 0.05) is 31.6 Å². The van der Waals surface area contributed by atoms with Crippen LogP contribution in [0.1, 0.15) is 17.4 Å². The summed E-state index contributed by atoms with van der Waals surface area (Å²) < 4.78 is 5.81. The highest BCUT2D eigenvalue weighted by Crippen LogP contribution is 2.14. The quantitative estimate of drug-likeness (QED) is 0.485. The van der Waals surface area contributed by atoms with Crippen LogP contribution in [-0.4, -0.2) is 51.7 Å². The molecule has 5 nitrogen and oxygen atoms in total. The predicted molar refractivity (Wildman–Crippen MR) is 116 cm³/mol. The van der Waals surface area contributed by atoms with Gasteiger partial charge in [0.2, 0.25) is 0 Å². The Morgan fingerprint density at radius 3 is 2.78 bits per heavy atom. The summed E-state index contributed by atoms with van der Waals surface area (Å²) in [7, 11) is 5.90. The summed E-state index contributed by atoms with van der Waals surface area (Å²) in [6, 6.07) is 12.5. The summed E-state index contributed by atoms with van der Waals surface area (Å²) in [6.45, 7) is 5.46. The maximum absolute atomic E-state index is 5.81. The van der Waals surface area contributed by atoms with Gasteiger partial charge in [-0.15, -0.1) is 11.3 Å². The minimum atomic E-state index is 0.552. The molecular weight excluding hydrogens is 356 g/mol. The zero-order valence-corrected chi connectivity index (χ0v) is 17.7. The largest absolute Gasteiger partial charge is 0.492 e. The van der Waals surface area contributed by atoms with Crippen molar-refractivity contribution in [3.05, 3.63) is 52.2 Å². The lowest BCUT2D eigenvalue weighted by atomic mass is 10.1. The van der Waals surface area contributed by atoms with Crippen molar-refractivity contribution in [1.82, 2.24) is 15.5 Å². The van der Waals surface area contributed by atoms with Crippen molar-refractivity contribution < 1.29 is 4.74 Å². The van der Waals surface area contributed by atoms with Gasteiger partial charge in [-0.1, -0.05) is 25.1 Å². The molecule has 148 valence electrons. The van der Waals surface area contributed by atoms with E-state index in [-0.39, 0.29) is 0 Å². The molecule has 0 radical (unpaired) electrons. The zero-order chi connectivity index (χ0) is 19.5. The van der Waals surface area contributed by atoms with Gasteiger partial charge < -0.3 is 20.3 Å². The van der Waals surface area contributed by atoms with E-state index in [2.05, 4.69) is 57.1 Å². The molecule has 0 spiro atoms. The van der Waals surface area contributed by atoms with E-state index in [9.17, 15) is 0 Å².